The van der Waals surface area contributed by atoms with Crippen LogP contribution in [-0.4, -0.2) is 53.4 Å². The van der Waals surface area contributed by atoms with E-state index in [1.165, 1.54) is 0 Å². The summed E-state index contributed by atoms with van der Waals surface area (Å²) < 4.78 is 5.57. The lowest BCUT2D eigenvalue weighted by Gasteiger charge is -2.49. The van der Waals surface area contributed by atoms with Crippen LogP contribution in [0.5, 0.6) is 0 Å². The summed E-state index contributed by atoms with van der Waals surface area (Å²) in [6, 6.07) is 9.64. The average molecular weight is 496 g/mol. The molecule has 36 heavy (non-hydrogen) atoms. The molecule has 4 unspecified atom stereocenters. The van der Waals surface area contributed by atoms with Gasteiger partial charge in [0.15, 0.2) is 5.78 Å². The van der Waals surface area contributed by atoms with Crippen LogP contribution in [0.1, 0.15) is 51.5 Å². The lowest BCUT2D eigenvalue weighted by molar-refractivity contribution is -0.154. The van der Waals surface area contributed by atoms with Crippen LogP contribution in [0.3, 0.4) is 0 Å². The third kappa shape index (κ3) is 4.71. The number of carbonyl (C=O) groups is 2. The maximum atomic E-state index is 14.2. The molecule has 2 aliphatic carbocycles. The van der Waals surface area contributed by atoms with Crippen molar-refractivity contribution in [3.8, 4) is 0 Å². The number of allylic oxidation sites excluding steroid dienone is 1. The van der Waals surface area contributed by atoms with E-state index in [2.05, 4.69) is 18.8 Å². The van der Waals surface area contributed by atoms with Crippen molar-refractivity contribution < 1.29 is 24.5 Å². The second kappa shape index (κ2) is 11.0. The van der Waals surface area contributed by atoms with Gasteiger partial charge in [0.05, 0.1) is 18.3 Å². The summed E-state index contributed by atoms with van der Waals surface area (Å²) in [4.78, 5) is 28.2. The minimum absolute atomic E-state index is 0.188. The van der Waals surface area contributed by atoms with Gasteiger partial charge in [0.1, 0.15) is 5.41 Å². The van der Waals surface area contributed by atoms with E-state index in [9.17, 15) is 19.8 Å². The minimum Gasteiger partial charge on any atom is -0.390 e. The van der Waals surface area contributed by atoms with Crippen LogP contribution in [0.25, 0.3) is 0 Å². The van der Waals surface area contributed by atoms with Crippen molar-refractivity contribution >= 4 is 11.7 Å². The number of rotatable bonds is 3. The van der Waals surface area contributed by atoms with Crippen molar-refractivity contribution in [3.63, 3.8) is 0 Å². The zero-order valence-electron chi connectivity index (χ0n) is 21.7. The van der Waals surface area contributed by atoms with Crippen LogP contribution in [0.15, 0.2) is 54.6 Å². The Bertz CT molecular complexity index is 990. The van der Waals surface area contributed by atoms with Crippen LogP contribution >= 0.6 is 0 Å². The average Bonchev–Trinajstić information content (AvgIpc) is 3.15. The van der Waals surface area contributed by atoms with E-state index in [0.717, 1.165) is 24.8 Å². The second-order valence-electron chi connectivity index (χ2n) is 11.2. The number of ketones is 1. The molecule has 196 valence electrons. The zero-order valence-corrected chi connectivity index (χ0v) is 21.7. The Morgan fingerprint density at radius 2 is 1.86 bits per heavy atom. The lowest BCUT2D eigenvalue weighted by Crippen LogP contribution is -2.59. The number of hydrogen-bond acceptors (Lipinski definition) is 5. The Morgan fingerprint density at radius 3 is 2.56 bits per heavy atom. The van der Waals surface area contributed by atoms with Gasteiger partial charge < -0.3 is 20.3 Å². The first-order valence-electron chi connectivity index (χ1n) is 13.3. The summed E-state index contributed by atoms with van der Waals surface area (Å²) in [6.45, 7) is 8.34. The lowest BCUT2D eigenvalue weighted by atomic mass is 9.51. The maximum absolute atomic E-state index is 14.2. The van der Waals surface area contributed by atoms with Gasteiger partial charge in [-0.2, -0.15) is 0 Å². The molecule has 1 amide bonds. The number of carbonyl (C=O) groups excluding carboxylic acids is 2. The Labute approximate surface area is 214 Å². The number of methoxy groups -OCH3 is 1. The topological polar surface area (TPSA) is 95.9 Å². The highest BCUT2D eigenvalue weighted by molar-refractivity contribution is 6.09. The third-order valence-electron chi connectivity index (χ3n) is 8.97. The van der Waals surface area contributed by atoms with E-state index >= 15 is 0 Å². The molecule has 1 aromatic rings. The molecule has 3 aliphatic rings. The highest BCUT2D eigenvalue weighted by Crippen LogP contribution is 2.57. The van der Waals surface area contributed by atoms with Gasteiger partial charge in [-0.1, -0.05) is 75.8 Å². The molecule has 4 rings (SSSR count). The number of ether oxygens (including phenoxy) is 1. The van der Waals surface area contributed by atoms with E-state index in [4.69, 9.17) is 4.74 Å². The SMILES string of the molecule is C=C1[C@@H](C)C2[C@H](Cc3ccccc3)NC(=O)[C@]23C(=O)CC(O)C(OC)CCC[C@@H](C)C/C=C/C3[C@@H]1O. The molecular formula is C30H41NO5. The monoisotopic (exact) mass is 495 g/mol. The molecule has 1 aliphatic heterocycles. The second-order valence-corrected chi connectivity index (χ2v) is 11.2. The van der Waals surface area contributed by atoms with Crippen molar-refractivity contribution in [3.05, 3.63) is 60.2 Å². The van der Waals surface area contributed by atoms with Gasteiger partial charge in [0.25, 0.3) is 0 Å². The quantitative estimate of drug-likeness (QED) is 0.440. The normalized spacial score (nSPS) is 40.8. The smallest absolute Gasteiger partial charge is 0.235 e. The molecule has 9 atom stereocenters. The molecule has 6 heteroatoms. The van der Waals surface area contributed by atoms with Crippen molar-refractivity contribution in [2.75, 3.05) is 7.11 Å². The molecule has 1 saturated heterocycles. The van der Waals surface area contributed by atoms with Crippen molar-refractivity contribution in [2.24, 2.45) is 29.1 Å². The van der Waals surface area contributed by atoms with Crippen LogP contribution in [0.2, 0.25) is 0 Å². The maximum Gasteiger partial charge on any atom is 0.235 e. The summed E-state index contributed by atoms with van der Waals surface area (Å²) in [7, 11) is 1.56. The molecule has 0 aromatic heterocycles. The number of nitrogens with one attached hydrogen (secondary N) is 1. The molecule has 6 nitrogen and oxygen atoms in total. The predicted octanol–water partition coefficient (Wildman–Crippen LogP) is 3.61. The highest BCUT2D eigenvalue weighted by Gasteiger charge is 2.68. The largest absolute Gasteiger partial charge is 0.390 e. The van der Waals surface area contributed by atoms with Gasteiger partial charge >= 0.3 is 0 Å². The Kier molecular flexibility index (Phi) is 8.18. The summed E-state index contributed by atoms with van der Waals surface area (Å²) in [5, 5.41) is 25.6. The van der Waals surface area contributed by atoms with E-state index in [0.29, 0.717) is 24.3 Å². The summed E-state index contributed by atoms with van der Waals surface area (Å²) in [5.74, 6) is -1.66. The highest BCUT2D eigenvalue weighted by atomic mass is 16.5. The van der Waals surface area contributed by atoms with Gasteiger partial charge in [-0.15, -0.1) is 0 Å². The molecule has 2 fully saturated rings. The Balaban J connectivity index is 1.82. The standard InChI is InChI=1S/C30H41NO5/c1-18-10-8-14-22-28(34)20(3)19(2)27-23(16-21-12-6-5-7-13-21)31-29(35)30(22,27)26(33)17-24(32)25(36-4)15-9-11-18/h5-8,12-14,18-19,22-25,27-28,32,34H,3,9-11,15-17H2,1-2,4H3,(H,31,35)/b14-8+/t18-,19+,22?,23-,24?,25?,27?,28+,30+/m0/s1. The van der Waals surface area contributed by atoms with E-state index in [-0.39, 0.29) is 36.0 Å². The van der Waals surface area contributed by atoms with Crippen molar-refractivity contribution in [2.45, 2.75) is 76.7 Å². The minimum atomic E-state index is -1.48. The molecule has 0 radical (unpaired) electrons. The zero-order chi connectivity index (χ0) is 26.0. The van der Waals surface area contributed by atoms with Crippen molar-refractivity contribution in [1.29, 1.82) is 0 Å². The van der Waals surface area contributed by atoms with E-state index in [1.54, 1.807) is 7.11 Å². The number of benzene rings is 1. The van der Waals surface area contributed by atoms with Crippen LogP contribution < -0.4 is 5.32 Å². The third-order valence-corrected chi connectivity index (χ3v) is 8.97. The molecule has 1 heterocycles. The summed E-state index contributed by atoms with van der Waals surface area (Å²) in [6.07, 6.45) is 5.07. The summed E-state index contributed by atoms with van der Waals surface area (Å²) in [5.41, 5.74) is 0.244. The Morgan fingerprint density at radius 1 is 1.14 bits per heavy atom. The molecular weight excluding hydrogens is 454 g/mol. The number of hydrogen-bond donors (Lipinski definition) is 3. The molecule has 1 aromatic carbocycles. The first-order chi connectivity index (χ1) is 17.2. The number of aliphatic hydroxyl groups excluding tert-OH is 2. The van der Waals surface area contributed by atoms with Crippen LogP contribution in [0, 0.1) is 29.1 Å². The van der Waals surface area contributed by atoms with Gasteiger partial charge in [-0.05, 0) is 42.2 Å². The van der Waals surface area contributed by atoms with Gasteiger partial charge in [0, 0.05) is 31.4 Å². The van der Waals surface area contributed by atoms with Crippen LogP contribution in [0.4, 0.5) is 0 Å². The predicted molar refractivity (Wildman–Crippen MR) is 139 cm³/mol. The van der Waals surface area contributed by atoms with E-state index in [1.807, 2.05) is 49.4 Å². The van der Waals surface area contributed by atoms with Gasteiger partial charge in [-0.25, -0.2) is 0 Å². The molecule has 1 spiro atoms. The van der Waals surface area contributed by atoms with Gasteiger partial charge in [-0.3, -0.25) is 9.59 Å². The van der Waals surface area contributed by atoms with Crippen molar-refractivity contribution in [1.82, 2.24) is 5.32 Å². The summed E-state index contributed by atoms with van der Waals surface area (Å²) >= 11 is 0. The first-order valence-corrected chi connectivity index (χ1v) is 13.3. The first kappa shape index (κ1) is 26.8. The van der Waals surface area contributed by atoms with Gasteiger partial charge in [0.2, 0.25) is 5.91 Å². The fraction of sp³-hybridized carbons (Fsp3) is 0.600. The number of aliphatic hydroxyl groups is 2. The molecule has 1 saturated carbocycles. The molecule has 3 N–H and O–H groups in total. The molecule has 0 bridgehead atoms. The number of amides is 1. The number of Topliss-reactive ketones (excluding diaryl/α,β-unsaturated/α-hetero) is 1. The Hall–Kier alpha value is -2.28. The fourth-order valence-electron chi connectivity index (χ4n) is 6.94. The fourth-order valence-corrected chi connectivity index (χ4v) is 6.94. The van der Waals surface area contributed by atoms with E-state index < -0.39 is 29.6 Å². The van der Waals surface area contributed by atoms with Crippen LogP contribution in [-0.2, 0) is 20.7 Å².